The standard InChI is InChI=1S/C28H38N4O2/c1-28(14-15-28)25-23(11-7-16-29-25)24(27(33)34)32-18-20(19-32)8-4-2-3-5-10-22-13-12-21-9-6-17-30-26(21)31-22/h7,11-13,16,20,24H,2-6,8-10,14-15,17-19H2,1H3,(H,30,31)(H,33,34). The molecule has 0 spiro atoms. The predicted molar refractivity (Wildman–Crippen MR) is 134 cm³/mol. The Morgan fingerprint density at radius 3 is 2.82 bits per heavy atom. The van der Waals surface area contributed by atoms with Crippen molar-refractivity contribution in [2.75, 3.05) is 25.0 Å². The Morgan fingerprint density at radius 1 is 1.21 bits per heavy atom. The van der Waals surface area contributed by atoms with Crippen LogP contribution in [0.1, 0.15) is 86.8 Å². The number of hydrogen-bond donors (Lipinski definition) is 2. The third-order valence-electron chi connectivity index (χ3n) is 8.04. The molecule has 0 aromatic carbocycles. The van der Waals surface area contributed by atoms with Gasteiger partial charge in [-0.15, -0.1) is 0 Å². The van der Waals surface area contributed by atoms with E-state index in [1.807, 2.05) is 12.1 Å². The van der Waals surface area contributed by atoms with Gasteiger partial charge in [-0.25, -0.2) is 4.98 Å². The smallest absolute Gasteiger partial charge is 0.325 e. The molecule has 1 aliphatic carbocycles. The van der Waals surface area contributed by atoms with Crippen LogP contribution in [0.3, 0.4) is 0 Å². The number of fused-ring (bicyclic) bond motifs is 1. The Hall–Kier alpha value is -2.47. The van der Waals surface area contributed by atoms with Crippen LogP contribution in [0.4, 0.5) is 5.82 Å². The molecule has 182 valence electrons. The summed E-state index contributed by atoms with van der Waals surface area (Å²) >= 11 is 0. The van der Waals surface area contributed by atoms with Gasteiger partial charge < -0.3 is 10.4 Å². The van der Waals surface area contributed by atoms with Crippen molar-refractivity contribution >= 4 is 11.8 Å². The van der Waals surface area contributed by atoms with Gasteiger partial charge in [-0.3, -0.25) is 14.7 Å². The molecule has 2 N–H and O–H groups in total. The van der Waals surface area contributed by atoms with E-state index in [1.54, 1.807) is 6.20 Å². The number of aromatic nitrogens is 2. The zero-order valence-electron chi connectivity index (χ0n) is 20.4. The van der Waals surface area contributed by atoms with Crippen molar-refractivity contribution in [1.29, 1.82) is 0 Å². The second-order valence-electron chi connectivity index (χ2n) is 10.9. The number of nitrogens with one attached hydrogen (secondary N) is 1. The van der Waals surface area contributed by atoms with Crippen LogP contribution >= 0.6 is 0 Å². The van der Waals surface area contributed by atoms with Gasteiger partial charge in [0.05, 0.1) is 5.69 Å². The Morgan fingerprint density at radius 2 is 2.03 bits per heavy atom. The number of aryl methyl sites for hydroxylation is 2. The molecule has 1 atom stereocenters. The average Bonchev–Trinajstić information content (AvgIpc) is 3.57. The molecule has 34 heavy (non-hydrogen) atoms. The third kappa shape index (κ3) is 5.12. The topological polar surface area (TPSA) is 78.3 Å². The van der Waals surface area contributed by atoms with Gasteiger partial charge in [0.15, 0.2) is 0 Å². The van der Waals surface area contributed by atoms with Crippen molar-refractivity contribution < 1.29 is 9.90 Å². The quantitative estimate of drug-likeness (QED) is 0.451. The van der Waals surface area contributed by atoms with E-state index in [0.29, 0.717) is 5.92 Å². The fourth-order valence-corrected chi connectivity index (χ4v) is 5.66. The van der Waals surface area contributed by atoms with Crippen LogP contribution in [0.5, 0.6) is 0 Å². The highest BCUT2D eigenvalue weighted by molar-refractivity contribution is 5.76. The fourth-order valence-electron chi connectivity index (χ4n) is 5.66. The number of carbonyl (C=O) groups is 1. The van der Waals surface area contributed by atoms with Crippen LogP contribution in [0.2, 0.25) is 0 Å². The number of hydrogen-bond acceptors (Lipinski definition) is 5. The van der Waals surface area contributed by atoms with Gasteiger partial charge >= 0.3 is 5.97 Å². The van der Waals surface area contributed by atoms with Crippen LogP contribution in [0.15, 0.2) is 30.5 Å². The van der Waals surface area contributed by atoms with Gasteiger partial charge in [0.1, 0.15) is 11.9 Å². The molecule has 2 aliphatic heterocycles. The number of carboxylic acids is 1. The van der Waals surface area contributed by atoms with Crippen molar-refractivity contribution in [3.63, 3.8) is 0 Å². The van der Waals surface area contributed by atoms with E-state index in [4.69, 9.17) is 4.98 Å². The number of pyridine rings is 2. The van der Waals surface area contributed by atoms with Crippen molar-refractivity contribution in [2.45, 2.75) is 82.6 Å². The van der Waals surface area contributed by atoms with Crippen molar-refractivity contribution in [2.24, 2.45) is 5.92 Å². The highest BCUT2D eigenvalue weighted by atomic mass is 16.4. The first-order valence-corrected chi connectivity index (χ1v) is 13.2. The largest absolute Gasteiger partial charge is 0.480 e. The summed E-state index contributed by atoms with van der Waals surface area (Å²) in [6.07, 6.45) is 13.5. The van der Waals surface area contributed by atoms with E-state index in [2.05, 4.69) is 34.3 Å². The zero-order valence-corrected chi connectivity index (χ0v) is 20.4. The molecular formula is C28H38N4O2. The molecule has 1 unspecified atom stereocenters. The Bertz CT molecular complexity index is 1010. The Kier molecular flexibility index (Phi) is 6.87. The summed E-state index contributed by atoms with van der Waals surface area (Å²) in [4.78, 5) is 23.7. The van der Waals surface area contributed by atoms with Crippen LogP contribution in [-0.2, 0) is 23.1 Å². The number of anilines is 1. The maximum Gasteiger partial charge on any atom is 0.325 e. The van der Waals surface area contributed by atoms with Gasteiger partial charge in [0.2, 0.25) is 0 Å². The van der Waals surface area contributed by atoms with E-state index < -0.39 is 12.0 Å². The summed E-state index contributed by atoms with van der Waals surface area (Å²) in [5.41, 5.74) is 4.53. The third-order valence-corrected chi connectivity index (χ3v) is 8.04. The number of carboxylic acid groups (broad SMARTS) is 1. The molecule has 2 aromatic rings. The minimum atomic E-state index is -0.747. The van der Waals surface area contributed by atoms with E-state index >= 15 is 0 Å². The Balaban J connectivity index is 1.03. The molecular weight excluding hydrogens is 424 g/mol. The van der Waals surface area contributed by atoms with Gasteiger partial charge in [0.25, 0.3) is 0 Å². The Labute approximate surface area is 203 Å². The molecule has 0 bridgehead atoms. The van der Waals surface area contributed by atoms with Crippen LogP contribution in [0, 0.1) is 5.92 Å². The molecule has 2 fully saturated rings. The molecule has 0 radical (unpaired) electrons. The lowest BCUT2D eigenvalue weighted by atomic mass is 9.87. The number of likely N-dealkylation sites (tertiary alicyclic amines) is 1. The maximum atomic E-state index is 12.2. The second-order valence-corrected chi connectivity index (χ2v) is 10.9. The zero-order chi connectivity index (χ0) is 23.5. The number of unbranched alkanes of at least 4 members (excludes halogenated alkanes) is 3. The van der Waals surface area contributed by atoms with Crippen molar-refractivity contribution in [1.82, 2.24) is 14.9 Å². The summed E-state index contributed by atoms with van der Waals surface area (Å²) in [5, 5.41) is 13.4. The number of aliphatic carboxylic acids is 1. The molecule has 4 heterocycles. The minimum absolute atomic E-state index is 0.0691. The highest BCUT2D eigenvalue weighted by Crippen LogP contribution is 2.49. The first kappa shape index (κ1) is 23.3. The summed E-state index contributed by atoms with van der Waals surface area (Å²) < 4.78 is 0. The lowest BCUT2D eigenvalue weighted by Gasteiger charge is -2.43. The number of nitrogens with zero attached hydrogens (tertiary/aromatic N) is 3. The normalized spacial score (nSPS) is 20.1. The predicted octanol–water partition coefficient (Wildman–Crippen LogP) is 5.14. The molecule has 2 aromatic heterocycles. The number of rotatable bonds is 11. The molecule has 6 heteroatoms. The SMILES string of the molecule is CC1(c2ncccc2C(C(=O)O)N2CC(CCCCCCc3ccc4c(n3)NCCC4)C2)CC1. The van der Waals surface area contributed by atoms with Crippen LogP contribution in [0.25, 0.3) is 0 Å². The maximum absolute atomic E-state index is 12.2. The molecule has 1 saturated heterocycles. The summed E-state index contributed by atoms with van der Waals surface area (Å²) in [6, 6.07) is 7.75. The van der Waals surface area contributed by atoms with Gasteiger partial charge in [-0.05, 0) is 68.6 Å². The summed E-state index contributed by atoms with van der Waals surface area (Å²) in [5.74, 6) is 0.970. The first-order valence-electron chi connectivity index (χ1n) is 13.2. The van der Waals surface area contributed by atoms with E-state index in [1.165, 1.54) is 49.8 Å². The molecule has 3 aliphatic rings. The molecule has 6 nitrogen and oxygen atoms in total. The van der Waals surface area contributed by atoms with Crippen LogP contribution in [-0.4, -0.2) is 45.6 Å². The van der Waals surface area contributed by atoms with Crippen molar-refractivity contribution in [3.05, 3.63) is 53.0 Å². The monoisotopic (exact) mass is 462 g/mol. The van der Waals surface area contributed by atoms with Gasteiger partial charge in [-0.2, -0.15) is 0 Å². The van der Waals surface area contributed by atoms with Gasteiger partial charge in [0, 0.05) is 42.5 Å². The van der Waals surface area contributed by atoms with Gasteiger partial charge in [-0.1, -0.05) is 38.3 Å². The van der Waals surface area contributed by atoms with Crippen molar-refractivity contribution in [3.8, 4) is 0 Å². The molecule has 1 saturated carbocycles. The summed E-state index contributed by atoms with van der Waals surface area (Å²) in [7, 11) is 0. The summed E-state index contributed by atoms with van der Waals surface area (Å²) in [6.45, 7) is 5.01. The van der Waals surface area contributed by atoms with Crippen LogP contribution < -0.4 is 5.32 Å². The first-order chi connectivity index (χ1) is 16.5. The highest BCUT2D eigenvalue weighted by Gasteiger charge is 2.45. The fraction of sp³-hybridized carbons (Fsp3) is 0.607. The molecule has 0 amide bonds. The lowest BCUT2D eigenvalue weighted by molar-refractivity contribution is -0.146. The average molecular weight is 463 g/mol. The molecule has 5 rings (SSSR count). The van der Waals surface area contributed by atoms with E-state index in [9.17, 15) is 9.90 Å². The second kappa shape index (κ2) is 10.0. The van der Waals surface area contributed by atoms with E-state index in [0.717, 1.165) is 62.4 Å². The lowest BCUT2D eigenvalue weighted by Crippen LogP contribution is -2.50. The minimum Gasteiger partial charge on any atom is -0.480 e. The van der Waals surface area contributed by atoms with E-state index in [-0.39, 0.29) is 5.41 Å².